The maximum Gasteiger partial charge on any atom is 0.340 e. The second-order valence-electron chi connectivity index (χ2n) is 10.8. The van der Waals surface area contributed by atoms with E-state index in [-0.39, 0.29) is 18.8 Å². The fourth-order valence-corrected chi connectivity index (χ4v) is 5.24. The number of carbonyl (C=O) groups excluding carboxylic acids is 2. The largest absolute Gasteiger partial charge is 0.462 e. The van der Waals surface area contributed by atoms with E-state index in [0.29, 0.717) is 12.8 Å². The van der Waals surface area contributed by atoms with Crippen molar-refractivity contribution in [2.24, 2.45) is 0 Å². The molecule has 42 heavy (non-hydrogen) atoms. The number of carbonyl (C=O) groups is 2. The third-order valence-corrected chi connectivity index (χ3v) is 7.90. The molecule has 238 valence electrons. The van der Waals surface area contributed by atoms with Gasteiger partial charge in [0, 0.05) is 0 Å². The highest BCUT2D eigenvalue weighted by Crippen LogP contribution is 2.22. The van der Waals surface area contributed by atoms with E-state index in [1.165, 1.54) is 50.7 Å². The third-order valence-electron chi connectivity index (χ3n) is 7.01. The Kier molecular flexibility index (Phi) is 21.5. The van der Waals surface area contributed by atoms with Gasteiger partial charge in [-0.2, -0.15) is 8.42 Å². The minimum Gasteiger partial charge on any atom is -0.462 e. The van der Waals surface area contributed by atoms with Crippen LogP contribution in [0.4, 0.5) is 0 Å². The van der Waals surface area contributed by atoms with Crippen molar-refractivity contribution in [2.45, 2.75) is 134 Å². The number of benzene rings is 1. The third kappa shape index (κ3) is 17.5. The smallest absolute Gasteiger partial charge is 0.340 e. The molecule has 1 aromatic carbocycles. The summed E-state index contributed by atoms with van der Waals surface area (Å²) in [7, 11) is -4.76. The summed E-state index contributed by atoms with van der Waals surface area (Å²) in [6.07, 6.45) is 27.9. The SMILES string of the molecule is CCCCC/C=C/CCCCCCOC(=O)c1cccc(S(=O)(=O)O)c1C(=O)OCCCCCC/C=C/CCCCC. The molecule has 0 aliphatic rings. The minimum atomic E-state index is -4.76. The van der Waals surface area contributed by atoms with E-state index in [1.54, 1.807) is 0 Å². The maximum atomic E-state index is 12.9. The molecule has 0 aliphatic heterocycles. The molecule has 0 bridgehead atoms. The van der Waals surface area contributed by atoms with Crippen LogP contribution in [-0.2, 0) is 19.6 Å². The summed E-state index contributed by atoms with van der Waals surface area (Å²) in [4.78, 5) is 25.0. The lowest BCUT2D eigenvalue weighted by molar-refractivity contribution is 0.0446. The van der Waals surface area contributed by atoms with Gasteiger partial charge in [-0.3, -0.25) is 4.55 Å². The van der Waals surface area contributed by atoms with Crippen LogP contribution in [0.5, 0.6) is 0 Å². The van der Waals surface area contributed by atoms with Crippen molar-refractivity contribution >= 4 is 22.1 Å². The molecule has 1 rings (SSSR count). The number of unbranched alkanes of at least 4 members (excludes halogenated alkanes) is 14. The van der Waals surface area contributed by atoms with E-state index >= 15 is 0 Å². The average molecular weight is 607 g/mol. The molecule has 1 aromatic rings. The van der Waals surface area contributed by atoms with E-state index in [1.807, 2.05) is 0 Å². The number of esters is 2. The van der Waals surface area contributed by atoms with Crippen LogP contribution in [0.15, 0.2) is 47.4 Å². The van der Waals surface area contributed by atoms with E-state index in [4.69, 9.17) is 9.47 Å². The molecule has 0 spiro atoms. The van der Waals surface area contributed by atoms with Crippen LogP contribution in [0.3, 0.4) is 0 Å². The van der Waals surface area contributed by atoms with E-state index in [2.05, 4.69) is 38.2 Å². The molecule has 0 unspecified atom stereocenters. The monoisotopic (exact) mass is 606 g/mol. The van der Waals surface area contributed by atoms with Crippen molar-refractivity contribution in [3.8, 4) is 0 Å². The zero-order valence-electron chi connectivity index (χ0n) is 26.0. The van der Waals surface area contributed by atoms with Gasteiger partial charge in [-0.15, -0.1) is 0 Å². The van der Waals surface area contributed by atoms with Crippen LogP contribution in [-0.4, -0.2) is 38.1 Å². The predicted molar refractivity (Wildman–Crippen MR) is 170 cm³/mol. The molecule has 8 heteroatoms. The van der Waals surface area contributed by atoms with Crippen LogP contribution in [0.1, 0.15) is 150 Å². The molecule has 0 radical (unpaired) electrons. The topological polar surface area (TPSA) is 107 Å². The van der Waals surface area contributed by atoms with Crippen LogP contribution in [0, 0.1) is 0 Å². The quantitative estimate of drug-likeness (QED) is 0.0511. The normalized spacial score (nSPS) is 11.9. The van der Waals surface area contributed by atoms with Crippen molar-refractivity contribution < 1.29 is 32.0 Å². The Labute approximate surface area is 254 Å². The first-order valence-corrected chi connectivity index (χ1v) is 17.5. The summed E-state index contributed by atoms with van der Waals surface area (Å²) in [6, 6.07) is 3.69. The van der Waals surface area contributed by atoms with Crippen molar-refractivity contribution in [3.63, 3.8) is 0 Å². The lowest BCUT2D eigenvalue weighted by Crippen LogP contribution is -2.19. The fourth-order valence-electron chi connectivity index (χ4n) is 4.54. The van der Waals surface area contributed by atoms with Crippen LogP contribution in [0.2, 0.25) is 0 Å². The number of hydrogen-bond donors (Lipinski definition) is 1. The van der Waals surface area contributed by atoms with Crippen molar-refractivity contribution in [1.29, 1.82) is 0 Å². The molecular weight excluding hydrogens is 552 g/mol. The summed E-state index contributed by atoms with van der Waals surface area (Å²) in [5.74, 6) is -1.78. The zero-order chi connectivity index (χ0) is 30.9. The number of ether oxygens (including phenoxy) is 2. The van der Waals surface area contributed by atoms with Gasteiger partial charge in [0.25, 0.3) is 10.1 Å². The highest BCUT2D eigenvalue weighted by molar-refractivity contribution is 7.86. The summed E-state index contributed by atoms with van der Waals surface area (Å²) >= 11 is 0. The Morgan fingerprint density at radius 2 is 1.07 bits per heavy atom. The molecule has 0 atom stereocenters. The van der Waals surface area contributed by atoms with Gasteiger partial charge >= 0.3 is 11.9 Å². The molecule has 0 amide bonds. The molecule has 0 fully saturated rings. The van der Waals surface area contributed by atoms with Crippen molar-refractivity contribution in [2.75, 3.05) is 13.2 Å². The molecule has 0 heterocycles. The van der Waals surface area contributed by atoms with Gasteiger partial charge in [-0.05, 0) is 76.3 Å². The van der Waals surface area contributed by atoms with Crippen molar-refractivity contribution in [1.82, 2.24) is 0 Å². The number of allylic oxidation sites excluding steroid dienone is 4. The zero-order valence-corrected chi connectivity index (χ0v) is 26.8. The highest BCUT2D eigenvalue weighted by atomic mass is 32.2. The first-order chi connectivity index (χ1) is 20.3. The Morgan fingerprint density at radius 3 is 1.52 bits per heavy atom. The Bertz CT molecular complexity index is 1040. The molecule has 0 saturated heterocycles. The van der Waals surface area contributed by atoms with Gasteiger partial charge in [0.2, 0.25) is 0 Å². The second kappa shape index (κ2) is 24.0. The lowest BCUT2D eigenvalue weighted by atomic mass is 10.1. The van der Waals surface area contributed by atoms with E-state index in [0.717, 1.165) is 70.3 Å². The second-order valence-corrected chi connectivity index (χ2v) is 12.2. The van der Waals surface area contributed by atoms with Gasteiger partial charge < -0.3 is 9.47 Å². The summed E-state index contributed by atoms with van der Waals surface area (Å²) < 4.78 is 44.3. The lowest BCUT2D eigenvalue weighted by Gasteiger charge is -2.13. The molecule has 0 aromatic heterocycles. The molecular formula is C34H54O7S. The Hall–Kier alpha value is -2.45. The molecule has 1 N–H and O–H groups in total. The van der Waals surface area contributed by atoms with Crippen LogP contribution < -0.4 is 0 Å². The summed E-state index contributed by atoms with van der Waals surface area (Å²) in [6.45, 7) is 4.64. The van der Waals surface area contributed by atoms with E-state index < -0.39 is 32.5 Å². The van der Waals surface area contributed by atoms with E-state index in [9.17, 15) is 22.6 Å². The van der Waals surface area contributed by atoms with Gasteiger partial charge in [0.1, 0.15) is 4.90 Å². The van der Waals surface area contributed by atoms with Crippen molar-refractivity contribution in [3.05, 3.63) is 53.6 Å². The predicted octanol–water partition coefficient (Wildman–Crippen LogP) is 9.42. The fraction of sp³-hybridized carbons (Fsp3) is 0.647. The van der Waals surface area contributed by atoms with Crippen LogP contribution in [0.25, 0.3) is 0 Å². The van der Waals surface area contributed by atoms with Gasteiger partial charge in [-0.1, -0.05) is 95.6 Å². The number of hydrogen-bond acceptors (Lipinski definition) is 6. The van der Waals surface area contributed by atoms with Gasteiger partial charge in [0.05, 0.1) is 24.3 Å². The molecule has 0 saturated carbocycles. The highest BCUT2D eigenvalue weighted by Gasteiger charge is 2.28. The number of rotatable bonds is 25. The standard InChI is InChI=1S/C34H54O7S/c1-3-5-7-9-11-13-15-17-19-21-23-28-40-33(35)30-26-25-27-31(42(37,38)39)32(30)34(36)41-29-24-22-20-18-16-14-12-10-8-6-4-2/h11-14,25-27H,3-10,15-24,28-29H2,1-2H3,(H,37,38,39)/b13-11+,14-12+. The van der Waals surface area contributed by atoms with Gasteiger partial charge in [-0.25, -0.2) is 9.59 Å². The maximum absolute atomic E-state index is 12.9. The molecule has 7 nitrogen and oxygen atoms in total. The Balaban J connectivity index is 2.48. The summed E-state index contributed by atoms with van der Waals surface area (Å²) in [5.41, 5.74) is -0.710. The average Bonchev–Trinajstić information content (AvgIpc) is 2.97. The Morgan fingerprint density at radius 1 is 0.643 bits per heavy atom. The first-order valence-electron chi connectivity index (χ1n) is 16.1. The first kappa shape index (κ1) is 37.6. The van der Waals surface area contributed by atoms with Crippen LogP contribution >= 0.6 is 0 Å². The minimum absolute atomic E-state index is 0.0912. The van der Waals surface area contributed by atoms with Gasteiger partial charge in [0.15, 0.2) is 0 Å². The molecule has 0 aliphatic carbocycles. The summed E-state index contributed by atoms with van der Waals surface area (Å²) in [5, 5.41) is 0.